The molecule has 1 aliphatic carbocycles. The topological polar surface area (TPSA) is 46.2 Å². The lowest BCUT2D eigenvalue weighted by Crippen LogP contribution is -2.42. The first kappa shape index (κ1) is 11.5. The molecule has 1 saturated carbocycles. The van der Waals surface area contributed by atoms with E-state index in [1.54, 1.807) is 12.1 Å². The van der Waals surface area contributed by atoms with Crippen molar-refractivity contribution in [3.63, 3.8) is 0 Å². The highest BCUT2D eigenvalue weighted by molar-refractivity contribution is 5.31. The van der Waals surface area contributed by atoms with Gasteiger partial charge in [0.25, 0.3) is 0 Å². The maximum atomic E-state index is 9.28. The second-order valence-corrected chi connectivity index (χ2v) is 5.87. The van der Waals surface area contributed by atoms with Crippen LogP contribution in [-0.2, 0) is 5.54 Å². The van der Waals surface area contributed by atoms with Gasteiger partial charge in [-0.05, 0) is 48.8 Å². The highest BCUT2D eigenvalue weighted by Crippen LogP contribution is 2.43. The molecule has 0 atom stereocenters. The number of rotatable bonds is 1. The number of nitrogens with two attached hydrogens (primary N) is 1. The molecule has 0 unspecified atom stereocenters. The number of hydrogen-bond donors (Lipinski definition) is 2. The Morgan fingerprint density at radius 2 is 1.50 bits per heavy atom. The van der Waals surface area contributed by atoms with Crippen molar-refractivity contribution >= 4 is 0 Å². The number of hydrogen-bond acceptors (Lipinski definition) is 2. The van der Waals surface area contributed by atoms with Crippen molar-refractivity contribution < 1.29 is 5.11 Å². The summed E-state index contributed by atoms with van der Waals surface area (Å²) in [6.45, 7) is 4.62. The van der Waals surface area contributed by atoms with Crippen LogP contribution in [0.5, 0.6) is 5.75 Å². The molecule has 0 spiro atoms. The molecule has 1 aliphatic rings. The van der Waals surface area contributed by atoms with Gasteiger partial charge in [-0.25, -0.2) is 0 Å². The van der Waals surface area contributed by atoms with Crippen LogP contribution in [-0.4, -0.2) is 5.11 Å². The number of phenolic OH excluding ortho intramolecular Hbond substituents is 1. The Kier molecular flexibility index (Phi) is 2.70. The molecule has 0 heterocycles. The van der Waals surface area contributed by atoms with Gasteiger partial charge in [-0.1, -0.05) is 26.0 Å². The van der Waals surface area contributed by atoms with E-state index in [2.05, 4.69) is 13.8 Å². The van der Waals surface area contributed by atoms with E-state index in [1.165, 1.54) is 12.8 Å². The lowest BCUT2D eigenvalue weighted by molar-refractivity contribution is 0.165. The van der Waals surface area contributed by atoms with Crippen LogP contribution in [0.25, 0.3) is 0 Å². The first-order chi connectivity index (χ1) is 7.41. The SMILES string of the molecule is CC1(C)CCC(N)(c2ccc(O)cc2)CC1. The third kappa shape index (κ3) is 2.22. The minimum Gasteiger partial charge on any atom is -0.508 e. The predicted molar refractivity (Wildman–Crippen MR) is 66.2 cm³/mol. The molecule has 2 rings (SSSR count). The summed E-state index contributed by atoms with van der Waals surface area (Å²) in [5, 5.41) is 9.28. The summed E-state index contributed by atoms with van der Waals surface area (Å²) in [6.07, 6.45) is 4.41. The zero-order valence-electron chi connectivity index (χ0n) is 10.2. The van der Waals surface area contributed by atoms with Gasteiger partial charge in [0.05, 0.1) is 0 Å². The van der Waals surface area contributed by atoms with Gasteiger partial charge < -0.3 is 10.8 Å². The molecule has 2 heteroatoms. The van der Waals surface area contributed by atoms with Gasteiger partial charge in [0.15, 0.2) is 0 Å². The van der Waals surface area contributed by atoms with E-state index in [9.17, 15) is 5.11 Å². The van der Waals surface area contributed by atoms with E-state index < -0.39 is 0 Å². The van der Waals surface area contributed by atoms with Crippen molar-refractivity contribution in [1.29, 1.82) is 0 Å². The van der Waals surface area contributed by atoms with Crippen molar-refractivity contribution in [3.05, 3.63) is 29.8 Å². The van der Waals surface area contributed by atoms with Crippen molar-refractivity contribution in [2.45, 2.75) is 45.1 Å². The minimum absolute atomic E-state index is 0.191. The first-order valence-corrected chi connectivity index (χ1v) is 6.00. The summed E-state index contributed by atoms with van der Waals surface area (Å²) in [5.74, 6) is 0.309. The molecule has 0 aromatic heterocycles. The molecular weight excluding hydrogens is 198 g/mol. The average molecular weight is 219 g/mol. The van der Waals surface area contributed by atoms with Crippen LogP contribution in [0.3, 0.4) is 0 Å². The third-order valence-electron chi connectivity index (χ3n) is 3.94. The summed E-state index contributed by atoms with van der Waals surface area (Å²) < 4.78 is 0. The highest BCUT2D eigenvalue weighted by atomic mass is 16.3. The van der Waals surface area contributed by atoms with Crippen LogP contribution in [0, 0.1) is 5.41 Å². The fourth-order valence-corrected chi connectivity index (χ4v) is 2.45. The van der Waals surface area contributed by atoms with E-state index in [-0.39, 0.29) is 5.54 Å². The Bertz CT molecular complexity index is 357. The molecule has 16 heavy (non-hydrogen) atoms. The smallest absolute Gasteiger partial charge is 0.115 e. The van der Waals surface area contributed by atoms with E-state index >= 15 is 0 Å². The van der Waals surface area contributed by atoms with Crippen molar-refractivity contribution in [3.8, 4) is 5.75 Å². The van der Waals surface area contributed by atoms with E-state index in [0.717, 1.165) is 18.4 Å². The fraction of sp³-hybridized carbons (Fsp3) is 0.571. The standard InChI is InChI=1S/C14H21NO/c1-13(2)7-9-14(15,10-8-13)11-3-5-12(16)6-4-11/h3-6,16H,7-10,15H2,1-2H3. The van der Waals surface area contributed by atoms with Crippen LogP contribution >= 0.6 is 0 Å². The maximum Gasteiger partial charge on any atom is 0.115 e. The third-order valence-corrected chi connectivity index (χ3v) is 3.94. The zero-order valence-corrected chi connectivity index (χ0v) is 10.2. The van der Waals surface area contributed by atoms with Crippen LogP contribution in [0.1, 0.15) is 45.1 Å². The normalized spacial score (nSPS) is 22.9. The maximum absolute atomic E-state index is 9.28. The molecule has 0 saturated heterocycles. The van der Waals surface area contributed by atoms with Gasteiger partial charge in [0.1, 0.15) is 5.75 Å². The molecule has 0 aliphatic heterocycles. The van der Waals surface area contributed by atoms with Crippen LogP contribution < -0.4 is 5.73 Å². The molecule has 1 aromatic carbocycles. The number of benzene rings is 1. The molecule has 1 aromatic rings. The summed E-state index contributed by atoms with van der Waals surface area (Å²) in [5.41, 5.74) is 7.86. The largest absolute Gasteiger partial charge is 0.508 e. The van der Waals surface area contributed by atoms with Crippen LogP contribution in [0.2, 0.25) is 0 Å². The molecule has 0 radical (unpaired) electrons. The second kappa shape index (κ2) is 3.77. The van der Waals surface area contributed by atoms with Crippen molar-refractivity contribution in [1.82, 2.24) is 0 Å². The Morgan fingerprint density at radius 1 is 1.00 bits per heavy atom. The Labute approximate surface area is 97.5 Å². The van der Waals surface area contributed by atoms with Crippen molar-refractivity contribution in [2.24, 2.45) is 11.1 Å². The van der Waals surface area contributed by atoms with E-state index in [1.807, 2.05) is 12.1 Å². The Morgan fingerprint density at radius 3 is 2.00 bits per heavy atom. The molecule has 0 bridgehead atoms. The van der Waals surface area contributed by atoms with Gasteiger partial charge in [-0.3, -0.25) is 0 Å². The summed E-state index contributed by atoms with van der Waals surface area (Å²) in [7, 11) is 0. The first-order valence-electron chi connectivity index (χ1n) is 6.00. The molecule has 3 N–H and O–H groups in total. The summed E-state index contributed by atoms with van der Waals surface area (Å²) >= 11 is 0. The number of aromatic hydroxyl groups is 1. The van der Waals surface area contributed by atoms with Gasteiger partial charge in [-0.15, -0.1) is 0 Å². The van der Waals surface area contributed by atoms with Gasteiger partial charge >= 0.3 is 0 Å². The quantitative estimate of drug-likeness (QED) is 0.762. The van der Waals surface area contributed by atoms with Crippen LogP contribution in [0.4, 0.5) is 0 Å². The monoisotopic (exact) mass is 219 g/mol. The molecular formula is C14H21NO. The van der Waals surface area contributed by atoms with Gasteiger partial charge in [-0.2, -0.15) is 0 Å². The summed E-state index contributed by atoms with van der Waals surface area (Å²) in [4.78, 5) is 0. The Balaban J connectivity index is 2.18. The second-order valence-electron chi connectivity index (χ2n) is 5.87. The summed E-state index contributed by atoms with van der Waals surface area (Å²) in [6, 6.07) is 7.36. The van der Waals surface area contributed by atoms with E-state index in [0.29, 0.717) is 11.2 Å². The molecule has 88 valence electrons. The van der Waals surface area contributed by atoms with Crippen LogP contribution in [0.15, 0.2) is 24.3 Å². The number of phenols is 1. The predicted octanol–water partition coefficient (Wildman–Crippen LogP) is 3.15. The minimum atomic E-state index is -0.191. The molecule has 0 amide bonds. The molecule has 2 nitrogen and oxygen atoms in total. The fourth-order valence-electron chi connectivity index (χ4n) is 2.45. The highest BCUT2D eigenvalue weighted by Gasteiger charge is 2.36. The van der Waals surface area contributed by atoms with E-state index in [4.69, 9.17) is 5.73 Å². The lowest BCUT2D eigenvalue weighted by atomic mass is 9.67. The lowest BCUT2D eigenvalue weighted by Gasteiger charge is -2.41. The van der Waals surface area contributed by atoms with Gasteiger partial charge in [0, 0.05) is 5.54 Å². The van der Waals surface area contributed by atoms with Gasteiger partial charge in [0.2, 0.25) is 0 Å². The average Bonchev–Trinajstić information content (AvgIpc) is 2.24. The zero-order chi connectivity index (χ0) is 11.8. The molecule has 1 fully saturated rings. The Hall–Kier alpha value is -1.02. The van der Waals surface area contributed by atoms with Crippen molar-refractivity contribution in [2.75, 3.05) is 0 Å².